The van der Waals surface area contributed by atoms with E-state index in [2.05, 4.69) is 9.97 Å². The van der Waals surface area contributed by atoms with Crippen LogP contribution in [0.25, 0.3) is 11.0 Å². The summed E-state index contributed by atoms with van der Waals surface area (Å²) in [6.45, 7) is 1.90. The fraction of sp³-hybridized carbons (Fsp3) is 0.111. The van der Waals surface area contributed by atoms with Crippen molar-refractivity contribution in [2.24, 2.45) is 0 Å². The van der Waals surface area contributed by atoms with E-state index in [4.69, 9.17) is 28.9 Å². The smallest absolute Gasteiger partial charge is 0.167 e. The maximum absolute atomic E-state index is 5.74. The number of fused-ring (bicyclic) bond motifs is 1. The van der Waals surface area contributed by atoms with Gasteiger partial charge >= 0.3 is 0 Å². The van der Waals surface area contributed by atoms with Gasteiger partial charge in [-0.3, -0.25) is 0 Å². The van der Waals surface area contributed by atoms with Crippen molar-refractivity contribution < 1.29 is 0 Å². The second kappa shape index (κ2) is 3.26. The minimum Gasteiger partial charge on any atom is -0.398 e. The van der Waals surface area contributed by atoms with Crippen molar-refractivity contribution in [2.75, 3.05) is 5.73 Å². The van der Waals surface area contributed by atoms with Crippen molar-refractivity contribution in [3.8, 4) is 0 Å². The molecule has 0 amide bonds. The Kier molecular flexibility index (Phi) is 2.21. The van der Waals surface area contributed by atoms with E-state index < -0.39 is 0 Å². The first-order valence-electron chi connectivity index (χ1n) is 3.97. The van der Waals surface area contributed by atoms with Crippen LogP contribution in [-0.4, -0.2) is 9.97 Å². The van der Waals surface area contributed by atoms with Crippen molar-refractivity contribution in [3.63, 3.8) is 0 Å². The second-order valence-electron chi connectivity index (χ2n) is 3.00. The normalized spacial score (nSPS) is 10.8. The highest BCUT2D eigenvalue weighted by atomic mass is 35.5. The topological polar surface area (TPSA) is 51.8 Å². The van der Waals surface area contributed by atoms with E-state index in [1.807, 2.05) is 13.0 Å². The number of nitrogens with two attached hydrogens (primary N) is 1. The van der Waals surface area contributed by atoms with Crippen LogP contribution in [-0.2, 0) is 0 Å². The average Bonchev–Trinajstić information content (AvgIpc) is 2.11. The fourth-order valence-electron chi connectivity index (χ4n) is 1.18. The Morgan fingerprint density at radius 1 is 1.07 bits per heavy atom. The number of anilines is 1. The zero-order valence-electron chi connectivity index (χ0n) is 7.38. The van der Waals surface area contributed by atoms with Gasteiger partial charge in [-0.25, -0.2) is 9.97 Å². The Balaban J connectivity index is 2.83. The largest absolute Gasteiger partial charge is 0.398 e. The molecule has 1 aromatic heterocycles. The van der Waals surface area contributed by atoms with Gasteiger partial charge in [0, 0.05) is 5.69 Å². The standard InChI is InChI=1S/C9H7Cl2N3/c1-4-2-6-7(3-5(4)12)14-9(11)8(10)13-6/h2-3H,12H2,1H3. The molecule has 0 radical (unpaired) electrons. The number of aryl methyl sites for hydroxylation is 1. The van der Waals surface area contributed by atoms with E-state index in [1.165, 1.54) is 0 Å². The van der Waals surface area contributed by atoms with Gasteiger partial charge in [-0.1, -0.05) is 23.2 Å². The predicted octanol–water partition coefficient (Wildman–Crippen LogP) is 2.83. The van der Waals surface area contributed by atoms with E-state index >= 15 is 0 Å². The van der Waals surface area contributed by atoms with Crippen LogP contribution in [0.5, 0.6) is 0 Å². The summed E-state index contributed by atoms with van der Waals surface area (Å²) in [4.78, 5) is 8.16. The summed E-state index contributed by atoms with van der Waals surface area (Å²) >= 11 is 11.5. The van der Waals surface area contributed by atoms with Crippen molar-refractivity contribution in [1.29, 1.82) is 0 Å². The quantitative estimate of drug-likeness (QED) is 0.705. The summed E-state index contributed by atoms with van der Waals surface area (Å²) in [5.41, 5.74) is 8.71. The summed E-state index contributed by atoms with van der Waals surface area (Å²) in [5, 5.41) is 0.408. The third-order valence-electron chi connectivity index (χ3n) is 1.97. The molecule has 2 aromatic rings. The third kappa shape index (κ3) is 1.49. The molecule has 0 saturated heterocycles. The molecule has 0 saturated carbocycles. The lowest BCUT2D eigenvalue weighted by atomic mass is 10.2. The highest BCUT2D eigenvalue weighted by molar-refractivity contribution is 6.40. The molecule has 1 heterocycles. The number of rotatable bonds is 0. The lowest BCUT2D eigenvalue weighted by Gasteiger charge is -2.03. The molecule has 0 bridgehead atoms. The van der Waals surface area contributed by atoms with E-state index in [1.54, 1.807) is 6.07 Å². The second-order valence-corrected chi connectivity index (χ2v) is 3.72. The lowest BCUT2D eigenvalue weighted by Crippen LogP contribution is -1.93. The van der Waals surface area contributed by atoms with Crippen LogP contribution in [0, 0.1) is 6.92 Å². The van der Waals surface area contributed by atoms with Crippen LogP contribution in [0.4, 0.5) is 5.69 Å². The van der Waals surface area contributed by atoms with E-state index in [-0.39, 0.29) is 10.3 Å². The van der Waals surface area contributed by atoms with Crippen molar-refractivity contribution in [2.45, 2.75) is 6.92 Å². The average molecular weight is 228 g/mol. The van der Waals surface area contributed by atoms with Crippen LogP contribution in [0.3, 0.4) is 0 Å². The number of benzene rings is 1. The molecular formula is C9H7Cl2N3. The van der Waals surface area contributed by atoms with Crippen LogP contribution >= 0.6 is 23.2 Å². The van der Waals surface area contributed by atoms with Gasteiger partial charge < -0.3 is 5.73 Å². The van der Waals surface area contributed by atoms with Crippen molar-refractivity contribution in [1.82, 2.24) is 9.97 Å². The van der Waals surface area contributed by atoms with E-state index in [9.17, 15) is 0 Å². The van der Waals surface area contributed by atoms with E-state index in [0.29, 0.717) is 16.7 Å². The Bertz CT molecular complexity index is 422. The number of hydrogen-bond acceptors (Lipinski definition) is 3. The first kappa shape index (κ1) is 9.49. The number of hydrogen-bond donors (Lipinski definition) is 1. The summed E-state index contributed by atoms with van der Waals surface area (Å²) in [5.74, 6) is 0. The molecule has 1 aromatic carbocycles. The zero-order valence-corrected chi connectivity index (χ0v) is 8.89. The lowest BCUT2D eigenvalue weighted by molar-refractivity contribution is 1.28. The van der Waals surface area contributed by atoms with Gasteiger partial charge in [0.15, 0.2) is 10.3 Å². The van der Waals surface area contributed by atoms with Gasteiger partial charge in [-0.15, -0.1) is 0 Å². The molecule has 2 rings (SSSR count). The molecule has 14 heavy (non-hydrogen) atoms. The molecule has 5 heteroatoms. The number of halogens is 2. The number of nitrogen functional groups attached to an aromatic ring is 1. The SMILES string of the molecule is Cc1cc2nc(Cl)c(Cl)nc2cc1N. The molecule has 72 valence electrons. The maximum atomic E-state index is 5.74. The summed E-state index contributed by atoms with van der Waals surface area (Å²) in [6.07, 6.45) is 0. The molecule has 3 nitrogen and oxygen atoms in total. The van der Waals surface area contributed by atoms with Crippen LogP contribution in [0.1, 0.15) is 5.56 Å². The molecular weight excluding hydrogens is 221 g/mol. The molecule has 0 unspecified atom stereocenters. The van der Waals surface area contributed by atoms with Crippen LogP contribution in [0.15, 0.2) is 12.1 Å². The minimum atomic E-state index is 0.197. The van der Waals surface area contributed by atoms with E-state index in [0.717, 1.165) is 5.56 Å². The monoisotopic (exact) mass is 227 g/mol. The third-order valence-corrected chi connectivity index (χ3v) is 2.59. The van der Waals surface area contributed by atoms with Gasteiger partial charge in [-0.05, 0) is 24.6 Å². The summed E-state index contributed by atoms with van der Waals surface area (Å²) < 4.78 is 0. The van der Waals surface area contributed by atoms with Crippen molar-refractivity contribution in [3.05, 3.63) is 28.0 Å². The molecule has 2 N–H and O–H groups in total. The molecule has 0 aliphatic carbocycles. The molecule has 0 atom stereocenters. The Hall–Kier alpha value is -1.06. The Morgan fingerprint density at radius 2 is 1.57 bits per heavy atom. The minimum absolute atomic E-state index is 0.197. The maximum Gasteiger partial charge on any atom is 0.167 e. The molecule has 0 spiro atoms. The first-order valence-corrected chi connectivity index (χ1v) is 4.72. The highest BCUT2D eigenvalue weighted by Crippen LogP contribution is 2.24. The van der Waals surface area contributed by atoms with Gasteiger partial charge in [-0.2, -0.15) is 0 Å². The first-order chi connectivity index (χ1) is 6.58. The van der Waals surface area contributed by atoms with Gasteiger partial charge in [0.1, 0.15) is 0 Å². The Labute approximate surface area is 90.9 Å². The number of aromatic nitrogens is 2. The zero-order chi connectivity index (χ0) is 10.3. The van der Waals surface area contributed by atoms with Gasteiger partial charge in [0.05, 0.1) is 11.0 Å². The van der Waals surface area contributed by atoms with Gasteiger partial charge in [0.2, 0.25) is 0 Å². The van der Waals surface area contributed by atoms with Crippen LogP contribution in [0.2, 0.25) is 10.3 Å². The summed E-state index contributed by atoms with van der Waals surface area (Å²) in [6, 6.07) is 3.57. The van der Waals surface area contributed by atoms with Crippen molar-refractivity contribution >= 4 is 39.9 Å². The Morgan fingerprint density at radius 3 is 2.14 bits per heavy atom. The fourth-order valence-corrected chi connectivity index (χ4v) is 1.45. The predicted molar refractivity (Wildman–Crippen MR) is 58.7 cm³/mol. The molecule has 0 aliphatic heterocycles. The highest BCUT2D eigenvalue weighted by Gasteiger charge is 2.05. The van der Waals surface area contributed by atoms with Gasteiger partial charge in [0.25, 0.3) is 0 Å². The molecule has 0 fully saturated rings. The molecule has 0 aliphatic rings. The summed E-state index contributed by atoms with van der Waals surface area (Å²) in [7, 11) is 0. The number of nitrogens with zero attached hydrogens (tertiary/aromatic N) is 2. The van der Waals surface area contributed by atoms with Crippen LogP contribution < -0.4 is 5.73 Å².